The molecule has 0 atom stereocenters. The van der Waals surface area contributed by atoms with Gasteiger partial charge in [-0.3, -0.25) is 4.98 Å². The van der Waals surface area contributed by atoms with Crippen molar-refractivity contribution in [1.29, 1.82) is 0 Å². The Hall–Kier alpha value is -2.56. The number of aromatic nitrogens is 1. The van der Waals surface area contributed by atoms with Gasteiger partial charge >= 0.3 is 5.97 Å². The number of rotatable bonds is 3. The van der Waals surface area contributed by atoms with E-state index in [-0.39, 0.29) is 5.56 Å². The van der Waals surface area contributed by atoms with Crippen LogP contribution in [0.3, 0.4) is 0 Å². The van der Waals surface area contributed by atoms with Gasteiger partial charge in [-0.15, -0.1) is 0 Å². The lowest BCUT2D eigenvalue weighted by Crippen LogP contribution is -2.33. The zero-order valence-electron chi connectivity index (χ0n) is 11.7. The molecule has 0 unspecified atom stereocenters. The number of carboxylic acid groups (broad SMARTS) is 1. The number of aromatic carboxylic acids is 1. The Bertz CT molecular complexity index is 685. The number of hydrogen-bond donors (Lipinski definition) is 1. The van der Waals surface area contributed by atoms with Gasteiger partial charge in [0.25, 0.3) is 0 Å². The van der Waals surface area contributed by atoms with E-state index in [1.807, 2.05) is 25.1 Å². The Balaban J connectivity index is 1.96. The van der Waals surface area contributed by atoms with E-state index in [9.17, 15) is 9.90 Å². The SMILES string of the molecule is Cc1cccnc1CN1CCOc2c(C(=O)O)cccc21. The summed E-state index contributed by atoms with van der Waals surface area (Å²) < 4.78 is 5.57. The molecule has 1 N–H and O–H groups in total. The molecule has 0 amide bonds. The summed E-state index contributed by atoms with van der Waals surface area (Å²) in [6, 6.07) is 9.14. The fourth-order valence-electron chi connectivity index (χ4n) is 2.50. The van der Waals surface area contributed by atoms with Gasteiger partial charge in [-0.1, -0.05) is 12.1 Å². The number of carbonyl (C=O) groups is 1. The van der Waals surface area contributed by atoms with Gasteiger partial charge in [0.15, 0.2) is 5.75 Å². The molecular formula is C16H16N2O3. The number of benzene rings is 1. The average molecular weight is 284 g/mol. The Kier molecular flexibility index (Phi) is 3.48. The van der Waals surface area contributed by atoms with Gasteiger partial charge in [-0.25, -0.2) is 4.79 Å². The topological polar surface area (TPSA) is 62.7 Å². The van der Waals surface area contributed by atoms with Crippen molar-refractivity contribution >= 4 is 11.7 Å². The summed E-state index contributed by atoms with van der Waals surface area (Å²) in [4.78, 5) is 17.8. The summed E-state index contributed by atoms with van der Waals surface area (Å²) in [6.07, 6.45) is 1.78. The molecule has 0 saturated heterocycles. The summed E-state index contributed by atoms with van der Waals surface area (Å²) in [5, 5.41) is 9.25. The molecule has 1 aliphatic rings. The molecule has 21 heavy (non-hydrogen) atoms. The van der Waals surface area contributed by atoms with Crippen LogP contribution in [0.25, 0.3) is 0 Å². The standard InChI is InChI=1S/C16H16N2O3/c1-11-4-3-7-17-13(11)10-18-8-9-21-15-12(16(19)20)5-2-6-14(15)18/h2-7H,8-10H2,1H3,(H,19,20). The van der Waals surface area contributed by atoms with Crippen LogP contribution in [0.4, 0.5) is 5.69 Å². The normalized spacial score (nSPS) is 13.5. The molecule has 0 fully saturated rings. The maximum atomic E-state index is 11.3. The number of nitrogens with zero attached hydrogens (tertiary/aromatic N) is 2. The zero-order chi connectivity index (χ0) is 14.8. The molecule has 1 aliphatic heterocycles. The van der Waals surface area contributed by atoms with E-state index in [1.54, 1.807) is 18.3 Å². The van der Waals surface area contributed by atoms with Crippen LogP contribution in [0.2, 0.25) is 0 Å². The Morgan fingerprint density at radius 3 is 3.00 bits per heavy atom. The minimum absolute atomic E-state index is 0.204. The van der Waals surface area contributed by atoms with E-state index in [0.717, 1.165) is 16.9 Å². The minimum atomic E-state index is -0.970. The van der Waals surface area contributed by atoms with Gasteiger partial charge in [0.2, 0.25) is 0 Å². The monoisotopic (exact) mass is 284 g/mol. The van der Waals surface area contributed by atoms with E-state index in [1.165, 1.54) is 0 Å². The van der Waals surface area contributed by atoms with E-state index >= 15 is 0 Å². The average Bonchev–Trinajstić information content (AvgIpc) is 2.49. The van der Waals surface area contributed by atoms with Crippen molar-refractivity contribution in [3.63, 3.8) is 0 Å². The maximum Gasteiger partial charge on any atom is 0.339 e. The summed E-state index contributed by atoms with van der Waals surface area (Å²) in [5.41, 5.74) is 3.13. The third kappa shape index (κ3) is 2.54. The van der Waals surface area contributed by atoms with Crippen LogP contribution < -0.4 is 9.64 Å². The first-order valence-electron chi connectivity index (χ1n) is 6.81. The van der Waals surface area contributed by atoms with Crippen LogP contribution in [0.5, 0.6) is 5.75 Å². The quantitative estimate of drug-likeness (QED) is 0.938. The van der Waals surface area contributed by atoms with Crippen molar-refractivity contribution in [2.45, 2.75) is 13.5 Å². The Labute approximate surface area is 122 Å². The first kappa shape index (κ1) is 13.4. The first-order valence-corrected chi connectivity index (χ1v) is 6.81. The smallest absolute Gasteiger partial charge is 0.339 e. The van der Waals surface area contributed by atoms with Crippen molar-refractivity contribution in [3.05, 3.63) is 53.3 Å². The predicted octanol–water partition coefficient (Wildman–Crippen LogP) is 2.49. The maximum absolute atomic E-state index is 11.3. The summed E-state index contributed by atoms with van der Waals surface area (Å²) in [5.74, 6) is -0.521. The second kappa shape index (κ2) is 5.44. The second-order valence-corrected chi connectivity index (χ2v) is 5.00. The van der Waals surface area contributed by atoms with Gasteiger partial charge in [0.05, 0.1) is 24.5 Å². The van der Waals surface area contributed by atoms with E-state index in [0.29, 0.717) is 25.4 Å². The van der Waals surface area contributed by atoms with Crippen LogP contribution in [-0.4, -0.2) is 29.2 Å². The highest BCUT2D eigenvalue weighted by Crippen LogP contribution is 2.35. The second-order valence-electron chi connectivity index (χ2n) is 5.00. The third-order valence-electron chi connectivity index (χ3n) is 3.63. The zero-order valence-corrected chi connectivity index (χ0v) is 11.7. The van der Waals surface area contributed by atoms with Crippen LogP contribution in [0, 0.1) is 6.92 Å². The molecule has 0 radical (unpaired) electrons. The molecule has 0 bridgehead atoms. The fourth-order valence-corrected chi connectivity index (χ4v) is 2.50. The van der Waals surface area contributed by atoms with Crippen molar-refractivity contribution < 1.29 is 14.6 Å². The molecule has 1 aromatic carbocycles. The Morgan fingerprint density at radius 2 is 2.24 bits per heavy atom. The van der Waals surface area contributed by atoms with Crippen molar-refractivity contribution in [1.82, 2.24) is 4.98 Å². The number of carboxylic acids is 1. The highest BCUT2D eigenvalue weighted by Gasteiger charge is 2.24. The van der Waals surface area contributed by atoms with Crippen LogP contribution >= 0.6 is 0 Å². The molecule has 2 heterocycles. The van der Waals surface area contributed by atoms with Gasteiger partial charge in [-0.05, 0) is 30.7 Å². The number of para-hydroxylation sites is 1. The van der Waals surface area contributed by atoms with E-state index in [2.05, 4.69) is 9.88 Å². The Morgan fingerprint density at radius 1 is 1.38 bits per heavy atom. The molecule has 2 aromatic rings. The summed E-state index contributed by atoms with van der Waals surface area (Å²) in [6.45, 7) is 3.86. The lowest BCUT2D eigenvalue weighted by Gasteiger charge is -2.32. The number of aryl methyl sites for hydroxylation is 1. The fraction of sp³-hybridized carbons (Fsp3) is 0.250. The number of pyridine rings is 1. The molecule has 3 rings (SSSR count). The van der Waals surface area contributed by atoms with Crippen LogP contribution in [0.15, 0.2) is 36.5 Å². The number of hydrogen-bond acceptors (Lipinski definition) is 4. The largest absolute Gasteiger partial charge is 0.489 e. The molecule has 5 heteroatoms. The highest BCUT2D eigenvalue weighted by atomic mass is 16.5. The van der Waals surface area contributed by atoms with Gasteiger partial charge in [0.1, 0.15) is 12.2 Å². The van der Waals surface area contributed by atoms with Crippen LogP contribution in [0.1, 0.15) is 21.6 Å². The lowest BCUT2D eigenvalue weighted by atomic mass is 10.1. The van der Waals surface area contributed by atoms with Crippen molar-refractivity contribution in [2.24, 2.45) is 0 Å². The minimum Gasteiger partial charge on any atom is -0.489 e. The molecule has 5 nitrogen and oxygen atoms in total. The van der Waals surface area contributed by atoms with Crippen molar-refractivity contribution in [2.75, 3.05) is 18.1 Å². The molecular weight excluding hydrogens is 268 g/mol. The lowest BCUT2D eigenvalue weighted by molar-refractivity contribution is 0.0692. The van der Waals surface area contributed by atoms with Gasteiger partial charge < -0.3 is 14.7 Å². The van der Waals surface area contributed by atoms with Gasteiger partial charge in [0, 0.05) is 6.20 Å². The number of ether oxygens (including phenoxy) is 1. The molecule has 0 saturated carbocycles. The first-order chi connectivity index (χ1) is 10.2. The number of fused-ring (bicyclic) bond motifs is 1. The van der Waals surface area contributed by atoms with Crippen LogP contribution in [-0.2, 0) is 6.54 Å². The third-order valence-corrected chi connectivity index (χ3v) is 3.63. The molecule has 1 aromatic heterocycles. The molecule has 0 aliphatic carbocycles. The summed E-state index contributed by atoms with van der Waals surface area (Å²) >= 11 is 0. The predicted molar refractivity (Wildman–Crippen MR) is 78.9 cm³/mol. The summed E-state index contributed by atoms with van der Waals surface area (Å²) in [7, 11) is 0. The highest BCUT2D eigenvalue weighted by molar-refractivity contribution is 5.93. The molecule has 108 valence electrons. The molecule has 0 spiro atoms. The van der Waals surface area contributed by atoms with E-state index < -0.39 is 5.97 Å². The van der Waals surface area contributed by atoms with E-state index in [4.69, 9.17) is 4.74 Å². The van der Waals surface area contributed by atoms with Crippen molar-refractivity contribution in [3.8, 4) is 5.75 Å². The number of anilines is 1. The van der Waals surface area contributed by atoms with Gasteiger partial charge in [-0.2, -0.15) is 0 Å².